The van der Waals surface area contributed by atoms with Crippen molar-refractivity contribution in [2.24, 2.45) is 5.41 Å². The summed E-state index contributed by atoms with van der Waals surface area (Å²) in [7, 11) is -4.81. The molecule has 0 aromatic rings. The average Bonchev–Trinajstić information content (AvgIpc) is 3.20. The number of hydrogen-bond acceptors (Lipinski definition) is 7. The summed E-state index contributed by atoms with van der Waals surface area (Å²) in [6.45, 7) is 1.36. The number of rotatable bonds is 5. The van der Waals surface area contributed by atoms with Crippen molar-refractivity contribution < 1.29 is 36.4 Å². The van der Waals surface area contributed by atoms with Crippen LogP contribution in [0.3, 0.4) is 0 Å². The molecule has 1 spiro atoms. The fourth-order valence-corrected chi connectivity index (χ4v) is 5.28. The smallest absolute Gasteiger partial charge is 0.381 e. The van der Waals surface area contributed by atoms with Gasteiger partial charge in [0, 0.05) is 25.0 Å². The van der Waals surface area contributed by atoms with E-state index in [0.717, 1.165) is 25.7 Å². The maximum absolute atomic E-state index is 12.7. The van der Waals surface area contributed by atoms with E-state index >= 15 is 0 Å². The lowest BCUT2D eigenvalue weighted by molar-refractivity contribution is -0.173. The van der Waals surface area contributed by atoms with E-state index in [1.807, 2.05) is 0 Å². The van der Waals surface area contributed by atoms with E-state index in [1.165, 1.54) is 4.90 Å². The topological polar surface area (TPSA) is 135 Å². The van der Waals surface area contributed by atoms with Crippen molar-refractivity contribution in [3.8, 4) is 0 Å². The summed E-state index contributed by atoms with van der Waals surface area (Å²) in [5, 5.41) is 0.621. The van der Waals surface area contributed by atoms with Crippen LogP contribution in [-0.2, 0) is 29.1 Å². The van der Waals surface area contributed by atoms with Crippen molar-refractivity contribution in [2.45, 2.75) is 63.1 Å². The largest absolute Gasteiger partial charge is 0.418 e. The molecule has 2 N–H and O–H groups in total. The van der Waals surface area contributed by atoms with Gasteiger partial charge in [0.25, 0.3) is 5.91 Å². The molecule has 3 amide bonds. The molecule has 11 nitrogen and oxygen atoms in total. The molecule has 4 aliphatic rings. The third kappa shape index (κ3) is 3.71. The van der Waals surface area contributed by atoms with Crippen LogP contribution in [0.2, 0.25) is 0 Å². The molecular formula is C16H25N3O8S. The summed E-state index contributed by atoms with van der Waals surface area (Å²) in [5.74, 6) is -0.444. The number of nitrogens with zero attached hydrogens (tertiary/aromatic N) is 2. The molecule has 4 fully saturated rings. The van der Waals surface area contributed by atoms with Gasteiger partial charge in [-0.25, -0.2) is 10.3 Å². The second kappa shape index (κ2) is 7.41. The summed E-state index contributed by atoms with van der Waals surface area (Å²) in [6, 6.07) is -2.08. The van der Waals surface area contributed by atoms with Gasteiger partial charge in [0.1, 0.15) is 6.04 Å². The zero-order chi connectivity index (χ0) is 19.9. The highest BCUT2D eigenvalue weighted by Crippen LogP contribution is 2.45. The zero-order valence-electron chi connectivity index (χ0n) is 15.4. The van der Waals surface area contributed by atoms with Gasteiger partial charge in [-0.3, -0.25) is 14.2 Å². The molecule has 0 radical (unpaired) electrons. The van der Waals surface area contributed by atoms with Gasteiger partial charge < -0.3 is 9.64 Å². The summed E-state index contributed by atoms with van der Waals surface area (Å²) in [6.07, 6.45) is 5.53. The van der Waals surface area contributed by atoms with Crippen molar-refractivity contribution in [1.82, 2.24) is 15.4 Å². The van der Waals surface area contributed by atoms with Crippen LogP contribution in [0.25, 0.3) is 0 Å². The molecule has 158 valence electrons. The number of amides is 3. The molecule has 1 saturated carbocycles. The Bertz CT molecular complexity index is 738. The minimum atomic E-state index is -4.81. The van der Waals surface area contributed by atoms with Crippen LogP contribution in [0, 0.1) is 5.41 Å². The quantitative estimate of drug-likeness (QED) is 0.483. The molecule has 3 heterocycles. The van der Waals surface area contributed by atoms with E-state index in [2.05, 4.69) is 9.76 Å². The van der Waals surface area contributed by atoms with Gasteiger partial charge in [0.15, 0.2) is 0 Å². The summed E-state index contributed by atoms with van der Waals surface area (Å²) in [4.78, 5) is 32.1. The first-order valence-electron chi connectivity index (χ1n) is 9.59. The first-order valence-corrected chi connectivity index (χ1v) is 11.0. The van der Waals surface area contributed by atoms with E-state index in [9.17, 15) is 18.0 Å². The third-order valence-corrected chi connectivity index (χ3v) is 6.65. The van der Waals surface area contributed by atoms with Gasteiger partial charge in [-0.2, -0.15) is 13.5 Å². The molecule has 1 aliphatic carbocycles. The number of hydroxylamine groups is 3. The normalized spacial score (nSPS) is 32.2. The number of urea groups is 1. The fraction of sp³-hybridized carbons (Fsp3) is 0.875. The Labute approximate surface area is 163 Å². The van der Waals surface area contributed by atoms with Crippen molar-refractivity contribution in [3.63, 3.8) is 0 Å². The highest BCUT2D eigenvalue weighted by atomic mass is 32.3. The Balaban J connectivity index is 1.37. The molecule has 2 unspecified atom stereocenters. The molecule has 2 bridgehead atoms. The van der Waals surface area contributed by atoms with Gasteiger partial charge in [-0.1, -0.05) is 12.8 Å². The molecule has 28 heavy (non-hydrogen) atoms. The summed E-state index contributed by atoms with van der Waals surface area (Å²) < 4.78 is 40.7. The summed E-state index contributed by atoms with van der Waals surface area (Å²) >= 11 is 0. The standard InChI is InChI=1S/C16H25N3O8S/c20-14(17-26-13-5-8-25-10-16(13)6-1-2-7-16)12-4-3-11-9-18(12)15(21)19(11)27-28(22,23)24/h11-13H,1-10H2,(H,17,20)(H,22,23,24)/t11?,12-,13?/m0/s1. The zero-order valence-corrected chi connectivity index (χ0v) is 16.2. The first-order chi connectivity index (χ1) is 13.3. The Morgan fingerprint density at radius 2 is 2.00 bits per heavy atom. The maximum Gasteiger partial charge on any atom is 0.418 e. The Hall–Kier alpha value is -1.47. The molecular weight excluding hydrogens is 394 g/mol. The highest BCUT2D eigenvalue weighted by molar-refractivity contribution is 7.80. The van der Waals surface area contributed by atoms with Gasteiger partial charge in [0.2, 0.25) is 0 Å². The fourth-order valence-electron chi connectivity index (χ4n) is 4.90. The van der Waals surface area contributed by atoms with E-state index in [1.54, 1.807) is 0 Å². The highest BCUT2D eigenvalue weighted by Gasteiger charge is 2.50. The lowest BCUT2D eigenvalue weighted by Crippen LogP contribution is -2.52. The molecule has 0 aromatic heterocycles. The Morgan fingerprint density at radius 3 is 2.71 bits per heavy atom. The van der Waals surface area contributed by atoms with Crippen molar-refractivity contribution in [2.75, 3.05) is 19.8 Å². The Morgan fingerprint density at radius 1 is 1.25 bits per heavy atom. The van der Waals surface area contributed by atoms with Crippen LogP contribution in [0.15, 0.2) is 0 Å². The predicted octanol–water partition coefficient (Wildman–Crippen LogP) is 0.387. The van der Waals surface area contributed by atoms with Gasteiger partial charge in [-0.05, 0) is 25.7 Å². The van der Waals surface area contributed by atoms with Crippen LogP contribution in [0.5, 0.6) is 0 Å². The summed E-state index contributed by atoms with van der Waals surface area (Å²) in [5.41, 5.74) is 2.46. The van der Waals surface area contributed by atoms with Gasteiger partial charge >= 0.3 is 16.4 Å². The molecule has 12 heteroatoms. The minimum Gasteiger partial charge on any atom is -0.381 e. The van der Waals surface area contributed by atoms with Gasteiger partial charge in [0.05, 0.1) is 18.8 Å². The van der Waals surface area contributed by atoms with E-state index in [0.29, 0.717) is 37.5 Å². The molecule has 3 atom stereocenters. The van der Waals surface area contributed by atoms with Crippen LogP contribution in [-0.4, -0.2) is 72.8 Å². The van der Waals surface area contributed by atoms with Crippen molar-refractivity contribution >= 4 is 22.3 Å². The second-order valence-electron chi connectivity index (χ2n) is 7.99. The number of carbonyl (C=O) groups excluding carboxylic acids is 2. The number of nitrogens with one attached hydrogen (secondary N) is 1. The van der Waals surface area contributed by atoms with Crippen LogP contribution < -0.4 is 5.48 Å². The Kier molecular flexibility index (Phi) is 5.25. The third-order valence-electron chi connectivity index (χ3n) is 6.30. The first kappa shape index (κ1) is 19.8. The SMILES string of the molecule is O=C(NOC1CCOCC12CCCC2)[C@@H]1CCC2CN1C(=O)N2OS(=O)(=O)O. The molecule has 3 aliphatic heterocycles. The number of ether oxygens (including phenoxy) is 1. The van der Waals surface area contributed by atoms with Crippen LogP contribution in [0.1, 0.15) is 44.9 Å². The monoisotopic (exact) mass is 419 g/mol. The second-order valence-corrected chi connectivity index (χ2v) is 9.00. The molecule has 0 aromatic carbocycles. The van der Waals surface area contributed by atoms with Crippen molar-refractivity contribution in [1.29, 1.82) is 0 Å². The molecule has 3 saturated heterocycles. The lowest BCUT2D eigenvalue weighted by Gasteiger charge is -2.40. The van der Waals surface area contributed by atoms with E-state index in [4.69, 9.17) is 14.1 Å². The minimum absolute atomic E-state index is 0.0627. The average molecular weight is 419 g/mol. The lowest BCUT2D eigenvalue weighted by atomic mass is 9.78. The number of carbonyl (C=O) groups is 2. The number of fused-ring (bicyclic) bond motifs is 2. The van der Waals surface area contributed by atoms with E-state index < -0.39 is 34.4 Å². The van der Waals surface area contributed by atoms with Crippen LogP contribution in [0.4, 0.5) is 4.79 Å². The molecule has 4 rings (SSSR count). The maximum atomic E-state index is 12.7. The predicted molar refractivity (Wildman–Crippen MR) is 92.7 cm³/mol. The van der Waals surface area contributed by atoms with Crippen LogP contribution >= 0.6 is 0 Å². The number of piperidine rings is 1. The van der Waals surface area contributed by atoms with Crippen molar-refractivity contribution in [3.05, 3.63) is 0 Å². The van der Waals surface area contributed by atoms with E-state index in [-0.39, 0.29) is 18.1 Å². The number of hydrogen-bond donors (Lipinski definition) is 2. The van der Waals surface area contributed by atoms with Gasteiger partial charge in [-0.15, -0.1) is 4.28 Å².